The third-order valence-electron chi connectivity index (χ3n) is 4.77. The molecular weight excluding hydrogens is 387 g/mol. The minimum Gasteiger partial charge on any atom is -0.488 e. The molecule has 0 atom stereocenters. The number of nitrogens with one attached hydrogen (secondary N) is 1. The molecule has 0 bridgehead atoms. The van der Waals surface area contributed by atoms with Crippen LogP contribution in [0.4, 0.5) is 4.39 Å². The van der Waals surface area contributed by atoms with E-state index in [1.165, 1.54) is 12.1 Å². The number of carbonyl (C=O) groups is 1. The number of benzene rings is 2. The average molecular weight is 408 g/mol. The van der Waals surface area contributed by atoms with E-state index in [2.05, 4.69) is 9.97 Å². The topological polar surface area (TPSA) is 73.4 Å². The summed E-state index contributed by atoms with van der Waals surface area (Å²) in [5.41, 5.74) is 3.15. The van der Waals surface area contributed by atoms with E-state index in [1.54, 1.807) is 32.4 Å². The zero-order valence-electron chi connectivity index (χ0n) is 16.7. The minimum atomic E-state index is -0.501. The van der Waals surface area contributed by atoms with Gasteiger partial charge in [-0.25, -0.2) is 14.2 Å². The molecule has 2 aromatic heterocycles. The number of carbonyl (C=O) groups excluding carboxylic acids is 1. The Bertz CT molecular complexity index is 1220. The summed E-state index contributed by atoms with van der Waals surface area (Å²) in [5.74, 6) is -0.200. The lowest BCUT2D eigenvalue weighted by Gasteiger charge is -2.11. The number of pyridine rings is 1. The summed E-state index contributed by atoms with van der Waals surface area (Å²) >= 11 is 0. The van der Waals surface area contributed by atoms with Gasteiger partial charge in [0.15, 0.2) is 5.69 Å². The molecule has 0 saturated carbocycles. The fraction of sp³-hybridized carbons (Fsp3) is 0.217. The van der Waals surface area contributed by atoms with Crippen LogP contribution >= 0.6 is 0 Å². The SMILES string of the molecule is CCOC(=O)c1ncc2[nH]c3cccc(OCc4cccc(F)c4)c3c2c1COC. The Morgan fingerprint density at radius 1 is 1.10 bits per heavy atom. The number of aromatic nitrogens is 2. The molecule has 30 heavy (non-hydrogen) atoms. The van der Waals surface area contributed by atoms with Crippen LogP contribution in [0.3, 0.4) is 0 Å². The first-order valence-electron chi connectivity index (χ1n) is 9.58. The van der Waals surface area contributed by atoms with Crippen LogP contribution in [0.2, 0.25) is 0 Å². The Hall–Kier alpha value is -3.45. The highest BCUT2D eigenvalue weighted by molar-refractivity contribution is 6.13. The minimum absolute atomic E-state index is 0.184. The molecule has 4 aromatic rings. The van der Waals surface area contributed by atoms with Crippen molar-refractivity contribution in [2.75, 3.05) is 13.7 Å². The van der Waals surface area contributed by atoms with Crippen molar-refractivity contribution < 1.29 is 23.4 Å². The van der Waals surface area contributed by atoms with Crippen molar-refractivity contribution in [3.63, 3.8) is 0 Å². The molecule has 4 rings (SSSR count). The first-order chi connectivity index (χ1) is 14.6. The maximum Gasteiger partial charge on any atom is 0.357 e. The van der Waals surface area contributed by atoms with Crippen molar-refractivity contribution in [2.45, 2.75) is 20.1 Å². The van der Waals surface area contributed by atoms with Crippen molar-refractivity contribution in [1.82, 2.24) is 9.97 Å². The standard InChI is InChI=1S/C23H21FN2O4/c1-3-29-23(27)22-16(13-28-2)20-18(11-25-22)26-17-8-5-9-19(21(17)20)30-12-14-6-4-7-15(24)10-14/h4-11,26H,3,12-13H2,1-2H3. The Morgan fingerprint density at radius 2 is 1.93 bits per heavy atom. The summed E-state index contributed by atoms with van der Waals surface area (Å²) in [6, 6.07) is 11.9. The van der Waals surface area contributed by atoms with Crippen LogP contribution in [0, 0.1) is 5.82 Å². The van der Waals surface area contributed by atoms with E-state index in [-0.39, 0.29) is 31.3 Å². The summed E-state index contributed by atoms with van der Waals surface area (Å²) in [5, 5.41) is 1.60. The maximum absolute atomic E-state index is 13.5. The smallest absolute Gasteiger partial charge is 0.357 e. The van der Waals surface area contributed by atoms with Gasteiger partial charge < -0.3 is 19.2 Å². The number of methoxy groups -OCH3 is 1. The second-order valence-electron chi connectivity index (χ2n) is 6.75. The lowest BCUT2D eigenvalue weighted by atomic mass is 10.0. The predicted octanol–water partition coefficient (Wildman–Crippen LogP) is 4.76. The predicted molar refractivity (Wildman–Crippen MR) is 111 cm³/mol. The van der Waals surface area contributed by atoms with Gasteiger partial charge in [-0.3, -0.25) is 0 Å². The molecule has 0 aliphatic rings. The number of rotatable bonds is 7. The van der Waals surface area contributed by atoms with Crippen molar-refractivity contribution >= 4 is 27.8 Å². The quantitative estimate of drug-likeness (QED) is 0.447. The van der Waals surface area contributed by atoms with Crippen LogP contribution in [0.5, 0.6) is 5.75 Å². The molecule has 2 aromatic carbocycles. The summed E-state index contributed by atoms with van der Waals surface area (Å²) < 4.78 is 30.1. The van der Waals surface area contributed by atoms with Crippen LogP contribution in [0.1, 0.15) is 28.5 Å². The third-order valence-corrected chi connectivity index (χ3v) is 4.77. The van der Waals surface area contributed by atoms with E-state index in [0.717, 1.165) is 27.4 Å². The summed E-state index contributed by atoms with van der Waals surface area (Å²) in [7, 11) is 1.56. The normalized spacial score (nSPS) is 11.2. The molecule has 0 saturated heterocycles. The molecule has 0 amide bonds. The van der Waals surface area contributed by atoms with Crippen molar-refractivity contribution in [3.8, 4) is 5.75 Å². The van der Waals surface area contributed by atoms with Crippen molar-refractivity contribution in [2.24, 2.45) is 0 Å². The van der Waals surface area contributed by atoms with Gasteiger partial charge in [-0.05, 0) is 36.8 Å². The van der Waals surface area contributed by atoms with Gasteiger partial charge in [0.25, 0.3) is 0 Å². The lowest BCUT2D eigenvalue weighted by molar-refractivity contribution is 0.0514. The van der Waals surface area contributed by atoms with Crippen molar-refractivity contribution in [1.29, 1.82) is 0 Å². The number of fused-ring (bicyclic) bond motifs is 3. The van der Waals surface area contributed by atoms with Gasteiger partial charge in [0.05, 0.1) is 30.4 Å². The van der Waals surface area contributed by atoms with Crippen molar-refractivity contribution in [3.05, 3.63) is 71.3 Å². The van der Waals surface area contributed by atoms with Gasteiger partial charge in [0, 0.05) is 23.4 Å². The number of aromatic amines is 1. The number of halogens is 1. The van der Waals surface area contributed by atoms with Crippen LogP contribution < -0.4 is 4.74 Å². The van der Waals surface area contributed by atoms with E-state index in [0.29, 0.717) is 11.3 Å². The van der Waals surface area contributed by atoms with E-state index >= 15 is 0 Å². The van der Waals surface area contributed by atoms with Crippen LogP contribution in [-0.2, 0) is 22.7 Å². The van der Waals surface area contributed by atoms with Gasteiger partial charge in [-0.2, -0.15) is 0 Å². The molecule has 0 fully saturated rings. The molecule has 0 aliphatic heterocycles. The second kappa shape index (κ2) is 8.51. The van der Waals surface area contributed by atoms with Crippen LogP contribution in [0.15, 0.2) is 48.7 Å². The van der Waals surface area contributed by atoms with Gasteiger partial charge in [-0.15, -0.1) is 0 Å². The first-order valence-corrected chi connectivity index (χ1v) is 9.58. The number of nitrogens with zero attached hydrogens (tertiary/aromatic N) is 1. The molecule has 0 radical (unpaired) electrons. The van der Waals surface area contributed by atoms with E-state index in [1.807, 2.05) is 18.2 Å². The van der Waals surface area contributed by atoms with E-state index in [9.17, 15) is 9.18 Å². The van der Waals surface area contributed by atoms with Gasteiger partial charge >= 0.3 is 5.97 Å². The number of hydrogen-bond donors (Lipinski definition) is 1. The zero-order chi connectivity index (χ0) is 21.1. The molecule has 154 valence electrons. The highest BCUT2D eigenvalue weighted by Gasteiger charge is 2.21. The summed E-state index contributed by atoms with van der Waals surface area (Å²) in [4.78, 5) is 20.1. The van der Waals surface area contributed by atoms with Gasteiger partial charge in [0.1, 0.15) is 18.2 Å². The highest BCUT2D eigenvalue weighted by Crippen LogP contribution is 2.36. The second-order valence-corrected chi connectivity index (χ2v) is 6.75. The van der Waals surface area contributed by atoms with E-state index < -0.39 is 5.97 Å². The Labute approximate surface area is 172 Å². The molecule has 0 unspecified atom stereocenters. The molecular formula is C23H21FN2O4. The number of hydrogen-bond acceptors (Lipinski definition) is 5. The molecule has 0 aliphatic carbocycles. The average Bonchev–Trinajstić information content (AvgIpc) is 3.12. The van der Waals surface area contributed by atoms with E-state index in [4.69, 9.17) is 14.2 Å². The van der Waals surface area contributed by atoms with Crippen LogP contribution in [-0.4, -0.2) is 29.7 Å². The zero-order valence-corrected chi connectivity index (χ0v) is 16.7. The largest absolute Gasteiger partial charge is 0.488 e. The number of esters is 1. The van der Waals surface area contributed by atoms with Crippen LogP contribution in [0.25, 0.3) is 21.8 Å². The maximum atomic E-state index is 13.5. The highest BCUT2D eigenvalue weighted by atomic mass is 19.1. The molecule has 1 N–H and O–H groups in total. The lowest BCUT2D eigenvalue weighted by Crippen LogP contribution is -2.11. The summed E-state index contributed by atoms with van der Waals surface area (Å²) in [6.45, 7) is 2.39. The molecule has 0 spiro atoms. The van der Waals surface area contributed by atoms with Gasteiger partial charge in [-0.1, -0.05) is 18.2 Å². The Kier molecular flexibility index (Phi) is 5.63. The molecule has 7 heteroatoms. The Morgan fingerprint density at radius 3 is 2.70 bits per heavy atom. The Balaban J connectivity index is 1.85. The fourth-order valence-corrected chi connectivity index (χ4v) is 3.54. The van der Waals surface area contributed by atoms with Gasteiger partial charge in [0.2, 0.25) is 0 Å². The third kappa shape index (κ3) is 3.71. The first kappa shape index (κ1) is 19.8. The number of ether oxygens (including phenoxy) is 3. The monoisotopic (exact) mass is 408 g/mol. The number of H-pyrrole nitrogens is 1. The summed E-state index contributed by atoms with van der Waals surface area (Å²) in [6.07, 6.45) is 1.61. The molecule has 2 heterocycles. The fourth-order valence-electron chi connectivity index (χ4n) is 3.54. The molecule has 6 nitrogen and oxygen atoms in total.